The highest BCUT2D eigenvalue weighted by atomic mass is 127. The molecule has 0 fully saturated rings. The zero-order valence-electron chi connectivity index (χ0n) is 7.36. The van der Waals surface area contributed by atoms with E-state index in [1.165, 1.54) is 4.68 Å². The van der Waals surface area contributed by atoms with Gasteiger partial charge in [0, 0.05) is 16.0 Å². The maximum absolute atomic E-state index is 10.9. The van der Waals surface area contributed by atoms with E-state index in [9.17, 15) is 4.79 Å². The Kier molecular flexibility index (Phi) is 2.18. The molecule has 1 N–H and O–H groups in total. The van der Waals surface area contributed by atoms with Crippen LogP contribution in [0, 0.1) is 3.57 Å². The number of carbonyl (C=O) groups is 1. The molecule has 0 amide bonds. The number of fused-ring (bicyclic) bond motifs is 1. The van der Waals surface area contributed by atoms with Crippen LogP contribution in [-0.4, -0.2) is 20.9 Å². The molecule has 2 rings (SSSR count). The molecule has 4 nitrogen and oxygen atoms in total. The Bertz CT molecular complexity index is 519. The molecule has 0 aliphatic heterocycles. The van der Waals surface area contributed by atoms with Crippen molar-refractivity contribution in [3.63, 3.8) is 0 Å². The SMILES string of the molecule is Cn1nc2cc(I)ccc2c1C(=O)O. The first-order valence-electron chi connectivity index (χ1n) is 3.95. The molecule has 0 saturated carbocycles. The van der Waals surface area contributed by atoms with Gasteiger partial charge in [-0.1, -0.05) is 0 Å². The van der Waals surface area contributed by atoms with Crippen LogP contribution < -0.4 is 0 Å². The number of hydrogen-bond donors (Lipinski definition) is 1. The summed E-state index contributed by atoms with van der Waals surface area (Å²) in [6.07, 6.45) is 0. The van der Waals surface area contributed by atoms with Crippen LogP contribution in [0.5, 0.6) is 0 Å². The van der Waals surface area contributed by atoms with E-state index in [2.05, 4.69) is 27.7 Å². The van der Waals surface area contributed by atoms with Crippen LogP contribution in [0.4, 0.5) is 0 Å². The Morgan fingerprint density at radius 1 is 1.57 bits per heavy atom. The Morgan fingerprint density at radius 3 is 2.93 bits per heavy atom. The minimum Gasteiger partial charge on any atom is -0.477 e. The van der Waals surface area contributed by atoms with Gasteiger partial charge >= 0.3 is 5.97 Å². The first kappa shape index (κ1) is 9.45. The van der Waals surface area contributed by atoms with E-state index >= 15 is 0 Å². The third-order valence-corrected chi connectivity index (χ3v) is 2.67. The van der Waals surface area contributed by atoms with Crippen LogP contribution >= 0.6 is 22.6 Å². The van der Waals surface area contributed by atoms with Gasteiger partial charge in [0.15, 0.2) is 5.69 Å². The molecule has 2 aromatic rings. The second-order valence-corrected chi connectivity index (χ2v) is 4.18. The minimum atomic E-state index is -0.948. The van der Waals surface area contributed by atoms with Gasteiger partial charge in [-0.15, -0.1) is 0 Å². The lowest BCUT2D eigenvalue weighted by Gasteiger charge is -1.94. The molecule has 1 aromatic heterocycles. The van der Waals surface area contributed by atoms with Crippen LogP contribution in [-0.2, 0) is 7.05 Å². The van der Waals surface area contributed by atoms with Crippen molar-refractivity contribution in [3.8, 4) is 0 Å². The standard InChI is InChI=1S/C9H7IN2O2/c1-12-8(9(13)14)6-3-2-5(10)4-7(6)11-12/h2-4H,1H3,(H,13,14). The molecule has 0 spiro atoms. The van der Waals surface area contributed by atoms with Gasteiger partial charge in [-0.05, 0) is 40.8 Å². The van der Waals surface area contributed by atoms with Crippen molar-refractivity contribution in [2.24, 2.45) is 7.05 Å². The van der Waals surface area contributed by atoms with Gasteiger partial charge in [0.25, 0.3) is 0 Å². The summed E-state index contributed by atoms with van der Waals surface area (Å²) in [4.78, 5) is 10.9. The summed E-state index contributed by atoms with van der Waals surface area (Å²) in [6, 6.07) is 5.52. The molecule has 72 valence electrons. The van der Waals surface area contributed by atoms with Gasteiger partial charge in [0.1, 0.15) is 0 Å². The molecule has 0 unspecified atom stereocenters. The highest BCUT2D eigenvalue weighted by Crippen LogP contribution is 2.19. The quantitative estimate of drug-likeness (QED) is 0.818. The zero-order valence-corrected chi connectivity index (χ0v) is 9.52. The first-order valence-corrected chi connectivity index (χ1v) is 5.03. The Morgan fingerprint density at radius 2 is 2.29 bits per heavy atom. The summed E-state index contributed by atoms with van der Waals surface area (Å²) in [5, 5.41) is 13.8. The summed E-state index contributed by atoms with van der Waals surface area (Å²) in [7, 11) is 1.64. The van der Waals surface area contributed by atoms with E-state index in [4.69, 9.17) is 5.11 Å². The third kappa shape index (κ3) is 1.37. The van der Waals surface area contributed by atoms with Crippen molar-refractivity contribution in [2.45, 2.75) is 0 Å². The van der Waals surface area contributed by atoms with Gasteiger partial charge in [0.05, 0.1) is 5.52 Å². The molecule has 1 aromatic carbocycles. The molecule has 0 bridgehead atoms. The van der Waals surface area contributed by atoms with Gasteiger partial charge in [-0.25, -0.2) is 4.79 Å². The van der Waals surface area contributed by atoms with Gasteiger partial charge < -0.3 is 5.11 Å². The molecule has 1 heterocycles. The van der Waals surface area contributed by atoms with E-state index in [1.54, 1.807) is 13.1 Å². The molecule has 0 aliphatic carbocycles. The normalized spacial score (nSPS) is 10.7. The summed E-state index contributed by atoms with van der Waals surface area (Å²) in [6.45, 7) is 0. The summed E-state index contributed by atoms with van der Waals surface area (Å²) in [5.41, 5.74) is 0.952. The van der Waals surface area contributed by atoms with E-state index in [0.29, 0.717) is 5.39 Å². The van der Waals surface area contributed by atoms with E-state index < -0.39 is 5.97 Å². The molecule has 5 heteroatoms. The molecule has 0 saturated heterocycles. The van der Waals surface area contributed by atoms with Crippen molar-refractivity contribution >= 4 is 39.5 Å². The first-order chi connectivity index (χ1) is 6.59. The van der Waals surface area contributed by atoms with Gasteiger partial charge in [0.2, 0.25) is 0 Å². The summed E-state index contributed by atoms with van der Waals surface area (Å²) < 4.78 is 2.44. The monoisotopic (exact) mass is 302 g/mol. The van der Waals surface area contributed by atoms with Gasteiger partial charge in [-0.2, -0.15) is 5.10 Å². The number of benzene rings is 1. The molecule has 14 heavy (non-hydrogen) atoms. The Hall–Kier alpha value is -1.11. The number of carboxylic acids is 1. The highest BCUT2D eigenvalue weighted by molar-refractivity contribution is 14.1. The zero-order chi connectivity index (χ0) is 10.3. The molecular weight excluding hydrogens is 295 g/mol. The predicted octanol–water partition coefficient (Wildman–Crippen LogP) is 1.88. The summed E-state index contributed by atoms with van der Waals surface area (Å²) in [5.74, 6) is -0.948. The number of nitrogens with zero attached hydrogens (tertiary/aromatic N) is 2. The van der Waals surface area contributed by atoms with Crippen molar-refractivity contribution in [2.75, 3.05) is 0 Å². The lowest BCUT2D eigenvalue weighted by Crippen LogP contribution is -2.05. The number of aromatic nitrogens is 2. The Labute approximate surface area is 93.7 Å². The largest absolute Gasteiger partial charge is 0.477 e. The summed E-state index contributed by atoms with van der Waals surface area (Å²) >= 11 is 2.17. The highest BCUT2D eigenvalue weighted by Gasteiger charge is 2.14. The van der Waals surface area contributed by atoms with Gasteiger partial charge in [-0.3, -0.25) is 4.68 Å². The van der Waals surface area contributed by atoms with Crippen molar-refractivity contribution < 1.29 is 9.90 Å². The average Bonchev–Trinajstić information content (AvgIpc) is 2.39. The maximum atomic E-state index is 10.9. The second-order valence-electron chi connectivity index (χ2n) is 2.94. The fourth-order valence-corrected chi connectivity index (χ4v) is 1.90. The van der Waals surface area contributed by atoms with Crippen LogP contribution in [0.2, 0.25) is 0 Å². The molecular formula is C9H7IN2O2. The third-order valence-electron chi connectivity index (χ3n) is 2.00. The lowest BCUT2D eigenvalue weighted by atomic mass is 10.2. The predicted molar refractivity (Wildman–Crippen MR) is 60.4 cm³/mol. The molecule has 0 radical (unpaired) electrons. The fourth-order valence-electron chi connectivity index (χ4n) is 1.43. The van der Waals surface area contributed by atoms with E-state index in [0.717, 1.165) is 9.09 Å². The van der Waals surface area contributed by atoms with E-state index in [-0.39, 0.29) is 5.69 Å². The smallest absolute Gasteiger partial charge is 0.354 e. The van der Waals surface area contributed by atoms with Crippen LogP contribution in [0.1, 0.15) is 10.5 Å². The van der Waals surface area contributed by atoms with Crippen LogP contribution in [0.3, 0.4) is 0 Å². The maximum Gasteiger partial charge on any atom is 0.354 e. The van der Waals surface area contributed by atoms with Crippen molar-refractivity contribution in [1.29, 1.82) is 0 Å². The Balaban J connectivity index is 2.84. The number of halogens is 1. The van der Waals surface area contributed by atoms with E-state index in [1.807, 2.05) is 12.1 Å². The molecule has 0 aliphatic rings. The number of aromatic carboxylic acids is 1. The number of hydrogen-bond acceptors (Lipinski definition) is 2. The second kappa shape index (κ2) is 3.23. The number of rotatable bonds is 1. The topological polar surface area (TPSA) is 55.1 Å². The average molecular weight is 302 g/mol. The number of carboxylic acid groups (broad SMARTS) is 1. The number of aryl methyl sites for hydroxylation is 1. The van der Waals surface area contributed by atoms with Crippen molar-refractivity contribution in [1.82, 2.24) is 9.78 Å². The fraction of sp³-hybridized carbons (Fsp3) is 0.111. The van der Waals surface area contributed by atoms with Crippen LogP contribution in [0.25, 0.3) is 10.9 Å². The lowest BCUT2D eigenvalue weighted by molar-refractivity contribution is 0.0687. The molecule has 0 atom stereocenters. The van der Waals surface area contributed by atoms with Crippen molar-refractivity contribution in [3.05, 3.63) is 27.5 Å². The van der Waals surface area contributed by atoms with Crippen LogP contribution in [0.15, 0.2) is 18.2 Å². The minimum absolute atomic E-state index is 0.233.